The number of allylic oxidation sites excluding steroid dienone is 1. The molecule has 1 aromatic rings. The third-order valence-corrected chi connectivity index (χ3v) is 6.31. The highest BCUT2D eigenvalue weighted by molar-refractivity contribution is 14.1. The van der Waals surface area contributed by atoms with Gasteiger partial charge in [-0.25, -0.2) is 0 Å². The minimum absolute atomic E-state index is 0.0371. The molecule has 3 rings (SSSR count). The topological polar surface area (TPSA) is 63.6 Å². The van der Waals surface area contributed by atoms with E-state index in [9.17, 15) is 9.59 Å². The van der Waals surface area contributed by atoms with E-state index in [1.54, 1.807) is 0 Å². The van der Waals surface area contributed by atoms with E-state index in [0.717, 1.165) is 43.4 Å². The lowest BCUT2D eigenvalue weighted by atomic mass is 9.75. The third-order valence-electron chi connectivity index (χ3n) is 5.15. The van der Waals surface area contributed by atoms with Gasteiger partial charge in [-0.2, -0.15) is 0 Å². The number of Topliss-reactive ketones (excluding diaryl/α,β-unsaturated/α-hetero) is 1. The van der Waals surface area contributed by atoms with Gasteiger partial charge in [0.15, 0.2) is 0 Å². The van der Waals surface area contributed by atoms with Crippen LogP contribution in [0, 0.1) is 5.41 Å². The Bertz CT molecular complexity index is 679. The van der Waals surface area contributed by atoms with Crippen molar-refractivity contribution >= 4 is 34.3 Å². The number of carbonyl (C=O) groups is 2. The van der Waals surface area contributed by atoms with Crippen molar-refractivity contribution < 1.29 is 19.4 Å². The van der Waals surface area contributed by atoms with Gasteiger partial charge in [0, 0.05) is 16.8 Å². The van der Waals surface area contributed by atoms with E-state index in [2.05, 4.69) is 28.7 Å². The summed E-state index contributed by atoms with van der Waals surface area (Å²) in [6, 6.07) is 7.67. The maximum atomic E-state index is 11.7. The Balaban J connectivity index is 1.58. The zero-order chi connectivity index (χ0) is 17.9. The Hall–Kier alpha value is -1.37. The lowest BCUT2D eigenvalue weighted by molar-refractivity contribution is -0.136. The molecule has 1 fully saturated rings. The van der Waals surface area contributed by atoms with E-state index < -0.39 is 5.97 Å². The van der Waals surface area contributed by atoms with Crippen molar-refractivity contribution in [2.45, 2.75) is 48.9 Å². The molecule has 0 amide bonds. The number of carbonyl (C=O) groups excluding carboxylic acids is 1. The maximum absolute atomic E-state index is 11.7. The molecule has 1 saturated carbocycles. The SMILES string of the molecule is O=C(O)C[C@H](I)c1ccc(OCC2=C[C@]3(CCC2)CCC(=O)C3)cc1. The number of hydrogen-bond donors (Lipinski definition) is 1. The van der Waals surface area contributed by atoms with Crippen LogP contribution in [-0.4, -0.2) is 23.5 Å². The summed E-state index contributed by atoms with van der Waals surface area (Å²) in [6.45, 7) is 0.568. The van der Waals surface area contributed by atoms with Crippen molar-refractivity contribution in [2.24, 2.45) is 5.41 Å². The molecule has 0 radical (unpaired) electrons. The van der Waals surface area contributed by atoms with Gasteiger partial charge in [-0.15, -0.1) is 0 Å². The largest absolute Gasteiger partial charge is 0.489 e. The molecule has 1 N–H and O–H groups in total. The lowest BCUT2D eigenvalue weighted by Crippen LogP contribution is -2.20. The Kier molecular flexibility index (Phi) is 5.81. The van der Waals surface area contributed by atoms with Crippen LogP contribution in [-0.2, 0) is 9.59 Å². The number of ketones is 1. The van der Waals surface area contributed by atoms with Gasteiger partial charge in [-0.05, 0) is 54.4 Å². The van der Waals surface area contributed by atoms with Crippen molar-refractivity contribution in [1.29, 1.82) is 0 Å². The van der Waals surface area contributed by atoms with Crippen LogP contribution >= 0.6 is 22.6 Å². The summed E-state index contributed by atoms with van der Waals surface area (Å²) in [6.07, 6.45) is 8.14. The standard InChI is InChI=1S/C20H23IO4/c21-18(10-19(23)24)15-3-5-17(6-4-15)25-13-14-2-1-8-20(11-14)9-7-16(22)12-20/h3-6,11,18H,1-2,7-10,12-13H2,(H,23,24)/t18-,20-/m0/s1. The minimum Gasteiger partial charge on any atom is -0.489 e. The van der Waals surface area contributed by atoms with Gasteiger partial charge in [0.1, 0.15) is 18.1 Å². The fourth-order valence-electron chi connectivity index (χ4n) is 3.87. The molecule has 0 aromatic heterocycles. The van der Waals surface area contributed by atoms with Crippen LogP contribution in [0.25, 0.3) is 0 Å². The van der Waals surface area contributed by atoms with Crippen LogP contribution in [0.1, 0.15) is 54.4 Å². The minimum atomic E-state index is -0.789. The van der Waals surface area contributed by atoms with Crippen LogP contribution in [0.5, 0.6) is 5.75 Å². The number of benzene rings is 1. The molecule has 25 heavy (non-hydrogen) atoms. The molecule has 5 heteroatoms. The molecule has 2 atom stereocenters. The first kappa shape index (κ1) is 18.4. The van der Waals surface area contributed by atoms with Crippen molar-refractivity contribution in [3.05, 3.63) is 41.5 Å². The number of halogens is 1. The first-order valence-electron chi connectivity index (χ1n) is 8.77. The summed E-state index contributed by atoms with van der Waals surface area (Å²) < 4.78 is 5.88. The first-order valence-corrected chi connectivity index (χ1v) is 10.0. The normalized spacial score (nSPS) is 24.2. The van der Waals surface area contributed by atoms with E-state index in [4.69, 9.17) is 9.84 Å². The van der Waals surface area contributed by atoms with E-state index in [-0.39, 0.29) is 15.8 Å². The Labute approximate surface area is 161 Å². The molecule has 2 aliphatic carbocycles. The average molecular weight is 454 g/mol. The van der Waals surface area contributed by atoms with Crippen molar-refractivity contribution in [1.82, 2.24) is 0 Å². The molecule has 0 heterocycles. The second kappa shape index (κ2) is 7.89. The van der Waals surface area contributed by atoms with Crippen LogP contribution in [0.2, 0.25) is 0 Å². The summed E-state index contributed by atoms with van der Waals surface area (Å²) in [5.74, 6) is 0.401. The molecule has 0 bridgehead atoms. The highest BCUT2D eigenvalue weighted by Gasteiger charge is 2.38. The van der Waals surface area contributed by atoms with Crippen LogP contribution < -0.4 is 4.74 Å². The molecular weight excluding hydrogens is 431 g/mol. The van der Waals surface area contributed by atoms with Gasteiger partial charge in [-0.3, -0.25) is 9.59 Å². The average Bonchev–Trinajstić information content (AvgIpc) is 2.93. The summed E-state index contributed by atoms with van der Waals surface area (Å²) >= 11 is 2.15. The van der Waals surface area contributed by atoms with E-state index >= 15 is 0 Å². The molecule has 2 aliphatic rings. The summed E-state index contributed by atoms with van der Waals surface area (Å²) in [7, 11) is 0. The quantitative estimate of drug-likeness (QED) is 0.379. The molecule has 134 valence electrons. The Morgan fingerprint density at radius 2 is 2.00 bits per heavy atom. The first-order chi connectivity index (χ1) is 12.0. The van der Waals surface area contributed by atoms with Gasteiger partial charge in [0.25, 0.3) is 0 Å². The summed E-state index contributed by atoms with van der Waals surface area (Å²) in [5.41, 5.74) is 2.39. The molecule has 4 nitrogen and oxygen atoms in total. The van der Waals surface area contributed by atoms with Crippen LogP contribution in [0.3, 0.4) is 0 Å². The summed E-state index contributed by atoms with van der Waals surface area (Å²) in [4.78, 5) is 22.5. The fourth-order valence-corrected chi connectivity index (χ4v) is 4.67. The highest BCUT2D eigenvalue weighted by Crippen LogP contribution is 2.45. The fraction of sp³-hybridized carbons (Fsp3) is 0.500. The number of carboxylic acids is 1. The summed E-state index contributed by atoms with van der Waals surface area (Å²) in [5, 5.41) is 8.88. The van der Waals surface area contributed by atoms with Gasteiger partial charge < -0.3 is 9.84 Å². The van der Waals surface area contributed by atoms with Crippen LogP contribution in [0.4, 0.5) is 0 Å². The molecule has 0 aliphatic heterocycles. The van der Waals surface area contributed by atoms with E-state index in [0.29, 0.717) is 18.8 Å². The van der Waals surface area contributed by atoms with Gasteiger partial charge in [0.2, 0.25) is 0 Å². The number of hydrogen-bond acceptors (Lipinski definition) is 3. The molecular formula is C20H23IO4. The van der Waals surface area contributed by atoms with E-state index in [1.807, 2.05) is 24.3 Å². The van der Waals surface area contributed by atoms with Crippen molar-refractivity contribution in [3.8, 4) is 5.75 Å². The number of rotatable bonds is 6. The van der Waals surface area contributed by atoms with Crippen molar-refractivity contribution in [3.63, 3.8) is 0 Å². The number of carboxylic acid groups (broad SMARTS) is 1. The molecule has 1 aromatic carbocycles. The monoisotopic (exact) mass is 454 g/mol. The van der Waals surface area contributed by atoms with Crippen LogP contribution in [0.15, 0.2) is 35.9 Å². The molecule has 1 spiro atoms. The molecule has 0 saturated heterocycles. The second-order valence-corrected chi connectivity index (χ2v) is 8.66. The lowest BCUT2D eigenvalue weighted by Gasteiger charge is -2.30. The highest BCUT2D eigenvalue weighted by atomic mass is 127. The zero-order valence-electron chi connectivity index (χ0n) is 14.2. The van der Waals surface area contributed by atoms with Crippen molar-refractivity contribution in [2.75, 3.05) is 6.61 Å². The van der Waals surface area contributed by atoms with Gasteiger partial charge in [0.05, 0.1) is 6.42 Å². The Morgan fingerprint density at radius 3 is 2.64 bits per heavy atom. The number of alkyl halides is 1. The smallest absolute Gasteiger partial charge is 0.304 e. The predicted molar refractivity (Wildman–Crippen MR) is 104 cm³/mol. The zero-order valence-corrected chi connectivity index (χ0v) is 16.3. The predicted octanol–water partition coefficient (Wildman–Crippen LogP) is 4.87. The van der Waals surface area contributed by atoms with Gasteiger partial charge in [-0.1, -0.05) is 40.8 Å². The number of aliphatic carboxylic acids is 1. The van der Waals surface area contributed by atoms with E-state index in [1.165, 1.54) is 5.57 Å². The maximum Gasteiger partial charge on any atom is 0.304 e. The Morgan fingerprint density at radius 1 is 1.24 bits per heavy atom. The van der Waals surface area contributed by atoms with Gasteiger partial charge >= 0.3 is 5.97 Å². The number of ether oxygens (including phenoxy) is 1. The second-order valence-electron chi connectivity index (χ2n) is 7.16. The molecule has 0 unspecified atom stereocenters. The third kappa shape index (κ3) is 4.84.